The van der Waals surface area contributed by atoms with Crippen molar-refractivity contribution in [3.05, 3.63) is 246 Å². The van der Waals surface area contributed by atoms with Crippen molar-refractivity contribution in [2.24, 2.45) is 4.99 Å². The molecule has 2 nitrogen and oxygen atoms in total. The van der Waals surface area contributed by atoms with Crippen LogP contribution in [-0.4, -0.2) is 10.7 Å². The molecular formula is C59H42N2. The maximum Gasteiger partial charge on any atom is 0.0786 e. The fourth-order valence-corrected chi connectivity index (χ4v) is 8.58. The van der Waals surface area contributed by atoms with Crippen LogP contribution in [0.4, 0.5) is 0 Å². The van der Waals surface area contributed by atoms with Gasteiger partial charge in [-0.25, -0.2) is 0 Å². The second-order valence-electron chi connectivity index (χ2n) is 15.4. The third-order valence-electron chi connectivity index (χ3n) is 11.7. The van der Waals surface area contributed by atoms with E-state index in [1.54, 1.807) is 0 Å². The topological polar surface area (TPSA) is 25.2 Å². The van der Waals surface area contributed by atoms with Crippen molar-refractivity contribution in [1.82, 2.24) is 4.98 Å². The van der Waals surface area contributed by atoms with E-state index >= 15 is 0 Å². The molecule has 0 N–H and O–H groups in total. The van der Waals surface area contributed by atoms with Crippen LogP contribution in [0.2, 0.25) is 0 Å². The zero-order chi connectivity index (χ0) is 41.1. The first-order chi connectivity index (χ1) is 30.1. The van der Waals surface area contributed by atoms with E-state index in [0.717, 1.165) is 71.7 Å². The minimum Gasteiger partial charge on any atom is -0.256 e. The number of pyridine rings is 1. The number of fused-ring (bicyclic) bond motifs is 2. The Kier molecular flexibility index (Phi) is 10.0. The van der Waals surface area contributed by atoms with Gasteiger partial charge in [-0.3, -0.25) is 9.98 Å². The van der Waals surface area contributed by atoms with E-state index in [1.165, 1.54) is 38.6 Å². The lowest BCUT2D eigenvalue weighted by atomic mass is 9.88. The van der Waals surface area contributed by atoms with E-state index in [4.69, 9.17) is 9.98 Å². The van der Waals surface area contributed by atoms with E-state index in [2.05, 4.69) is 214 Å². The summed E-state index contributed by atoms with van der Waals surface area (Å²) < 4.78 is 0. The fourth-order valence-electron chi connectivity index (χ4n) is 8.58. The van der Waals surface area contributed by atoms with Gasteiger partial charge in [-0.1, -0.05) is 201 Å². The third-order valence-corrected chi connectivity index (χ3v) is 11.7. The zero-order valence-corrected chi connectivity index (χ0v) is 34.0. The summed E-state index contributed by atoms with van der Waals surface area (Å²) in [7, 11) is 0. The Morgan fingerprint density at radius 2 is 0.902 bits per heavy atom. The maximum atomic E-state index is 5.26. The van der Waals surface area contributed by atoms with E-state index in [0.29, 0.717) is 0 Å². The van der Waals surface area contributed by atoms with Gasteiger partial charge in [-0.15, -0.1) is 0 Å². The summed E-state index contributed by atoms with van der Waals surface area (Å²) in [6, 6.07) is 77.7. The number of nitrogens with zero attached hydrogens (tertiary/aromatic N) is 2. The van der Waals surface area contributed by atoms with Gasteiger partial charge in [0.2, 0.25) is 0 Å². The third kappa shape index (κ3) is 7.37. The van der Waals surface area contributed by atoms with Crippen molar-refractivity contribution in [2.45, 2.75) is 6.92 Å². The SMILES string of the molecule is C=c1cccc/c1=C(/N=C(C)c1ccccc1)c1ccc(-c2cc(-c3cccc4c(-c5ccccc5)cccc34)cc(-c3cccc4c(-c5ccccc5)ccnc34)c2)cc1. The molecule has 0 aliphatic heterocycles. The number of hydrogen-bond acceptors (Lipinski definition) is 2. The molecule has 1 aromatic heterocycles. The van der Waals surface area contributed by atoms with Crippen LogP contribution in [0.25, 0.3) is 89.6 Å². The summed E-state index contributed by atoms with van der Waals surface area (Å²) in [5.74, 6) is 0. The summed E-state index contributed by atoms with van der Waals surface area (Å²) in [6.45, 7) is 6.46. The number of para-hydroxylation sites is 1. The maximum absolute atomic E-state index is 5.26. The molecule has 0 atom stereocenters. The molecule has 0 saturated heterocycles. The standard InChI is InChI=1S/C59H42N2/c1-40-17-12-13-24-50(40)58(61-41(2)42-18-6-3-7-19-42)46-33-31-43(32-34-46)47-37-48(52-26-15-28-55-51(25-14-29-56(52)55)44-20-8-4-9-21-44)39-49(38-47)54-27-16-30-57-53(35-36-60-59(54)57)45-22-10-5-11-23-45/h3-39H,1H2,2H3/b58-50-,61-41?. The molecule has 0 radical (unpaired) electrons. The molecule has 0 bridgehead atoms. The van der Waals surface area contributed by atoms with Crippen molar-refractivity contribution in [1.29, 1.82) is 0 Å². The van der Waals surface area contributed by atoms with Crippen molar-refractivity contribution in [3.63, 3.8) is 0 Å². The molecule has 9 aromatic carbocycles. The van der Waals surface area contributed by atoms with E-state index in [9.17, 15) is 0 Å². The Balaban J connectivity index is 1.16. The van der Waals surface area contributed by atoms with Crippen LogP contribution in [0, 0.1) is 0 Å². The highest BCUT2D eigenvalue weighted by Gasteiger charge is 2.16. The molecule has 288 valence electrons. The van der Waals surface area contributed by atoms with E-state index in [-0.39, 0.29) is 0 Å². The molecule has 2 heteroatoms. The first-order valence-corrected chi connectivity index (χ1v) is 20.7. The first-order valence-electron chi connectivity index (χ1n) is 20.7. The summed E-state index contributed by atoms with van der Waals surface area (Å²) in [6.07, 6.45) is 1.94. The average Bonchev–Trinajstić information content (AvgIpc) is 3.33. The number of hydrogen-bond donors (Lipinski definition) is 0. The lowest BCUT2D eigenvalue weighted by Gasteiger charge is -2.16. The average molecular weight is 779 g/mol. The largest absolute Gasteiger partial charge is 0.256 e. The molecule has 0 unspecified atom stereocenters. The Morgan fingerprint density at radius 3 is 1.54 bits per heavy atom. The molecular weight excluding hydrogens is 737 g/mol. The minimum absolute atomic E-state index is 0.897. The van der Waals surface area contributed by atoms with Gasteiger partial charge in [0.15, 0.2) is 0 Å². The van der Waals surface area contributed by atoms with Crippen LogP contribution in [0.5, 0.6) is 0 Å². The summed E-state index contributed by atoms with van der Waals surface area (Å²) in [5.41, 5.74) is 16.5. The van der Waals surface area contributed by atoms with Crippen LogP contribution < -0.4 is 10.4 Å². The van der Waals surface area contributed by atoms with Crippen LogP contribution >= 0.6 is 0 Å². The van der Waals surface area contributed by atoms with Gasteiger partial charge >= 0.3 is 0 Å². The highest BCUT2D eigenvalue weighted by Crippen LogP contribution is 2.41. The lowest BCUT2D eigenvalue weighted by molar-refractivity contribution is 1.39. The second kappa shape index (κ2) is 16.4. The van der Waals surface area contributed by atoms with Crippen LogP contribution in [0.15, 0.2) is 230 Å². The summed E-state index contributed by atoms with van der Waals surface area (Å²) in [4.78, 5) is 10.3. The fraction of sp³-hybridized carbons (Fsp3) is 0.0169. The van der Waals surface area contributed by atoms with Crippen molar-refractivity contribution in [2.75, 3.05) is 0 Å². The zero-order valence-electron chi connectivity index (χ0n) is 34.0. The molecule has 0 aliphatic rings. The number of aromatic nitrogens is 1. The lowest BCUT2D eigenvalue weighted by Crippen LogP contribution is -2.25. The Hall–Kier alpha value is -7.94. The van der Waals surface area contributed by atoms with Gasteiger partial charge in [-0.05, 0) is 103 Å². The molecule has 0 amide bonds. The molecule has 0 saturated carbocycles. The second-order valence-corrected chi connectivity index (χ2v) is 15.4. The first kappa shape index (κ1) is 37.3. The van der Waals surface area contributed by atoms with Gasteiger partial charge in [0.1, 0.15) is 0 Å². The van der Waals surface area contributed by atoms with Gasteiger partial charge in [0, 0.05) is 33.6 Å². The Bertz CT molecular complexity index is 3210. The highest BCUT2D eigenvalue weighted by molar-refractivity contribution is 6.07. The highest BCUT2D eigenvalue weighted by atomic mass is 14.8. The predicted molar refractivity (Wildman–Crippen MR) is 259 cm³/mol. The summed E-state index contributed by atoms with van der Waals surface area (Å²) >= 11 is 0. The monoisotopic (exact) mass is 778 g/mol. The van der Waals surface area contributed by atoms with Crippen molar-refractivity contribution >= 4 is 39.7 Å². The van der Waals surface area contributed by atoms with Gasteiger partial charge in [-0.2, -0.15) is 0 Å². The smallest absolute Gasteiger partial charge is 0.0786 e. The molecule has 10 aromatic rings. The van der Waals surface area contributed by atoms with E-state index < -0.39 is 0 Å². The van der Waals surface area contributed by atoms with Gasteiger partial charge < -0.3 is 0 Å². The Morgan fingerprint density at radius 1 is 0.393 bits per heavy atom. The number of rotatable bonds is 8. The normalized spacial score (nSPS) is 12.1. The molecule has 0 spiro atoms. The van der Waals surface area contributed by atoms with E-state index in [1.807, 2.05) is 24.4 Å². The van der Waals surface area contributed by atoms with Crippen LogP contribution in [0.1, 0.15) is 18.1 Å². The van der Waals surface area contributed by atoms with Gasteiger partial charge in [0.25, 0.3) is 0 Å². The van der Waals surface area contributed by atoms with Crippen LogP contribution in [-0.2, 0) is 0 Å². The predicted octanol–water partition coefficient (Wildman–Crippen LogP) is 13.8. The van der Waals surface area contributed by atoms with Crippen LogP contribution in [0.3, 0.4) is 0 Å². The molecule has 10 rings (SSSR count). The molecule has 61 heavy (non-hydrogen) atoms. The minimum atomic E-state index is 0.897. The Labute approximate surface area is 356 Å². The van der Waals surface area contributed by atoms with Gasteiger partial charge in [0.05, 0.1) is 11.2 Å². The molecule has 0 aliphatic carbocycles. The van der Waals surface area contributed by atoms with Crippen molar-refractivity contribution in [3.8, 4) is 55.6 Å². The van der Waals surface area contributed by atoms with Crippen molar-refractivity contribution < 1.29 is 0 Å². The summed E-state index contributed by atoms with van der Waals surface area (Å²) in [5, 5.41) is 5.51. The number of benzene rings is 9. The molecule has 0 fully saturated rings. The molecule has 1 heterocycles. The number of aliphatic imine (C=N–C) groups is 1. The quantitative estimate of drug-likeness (QED) is 0.141.